The van der Waals surface area contributed by atoms with Gasteiger partial charge in [-0.1, -0.05) is 6.92 Å². The second-order valence-electron chi connectivity index (χ2n) is 6.22. The highest BCUT2D eigenvalue weighted by Crippen LogP contribution is 2.32. The van der Waals surface area contributed by atoms with Gasteiger partial charge in [-0.05, 0) is 37.8 Å². The molecule has 0 N–H and O–H groups in total. The lowest BCUT2D eigenvalue weighted by atomic mass is 9.99. The lowest BCUT2D eigenvalue weighted by molar-refractivity contribution is -0.384. The molecule has 2 atom stereocenters. The average molecular weight is 350 g/mol. The lowest BCUT2D eigenvalue weighted by Crippen LogP contribution is -2.34. The Morgan fingerprint density at radius 3 is 2.72 bits per heavy atom. The molecule has 0 bridgehead atoms. The summed E-state index contributed by atoms with van der Waals surface area (Å²) in [6, 6.07) is 4.24. The number of esters is 2. The van der Waals surface area contributed by atoms with Gasteiger partial charge in [-0.15, -0.1) is 0 Å². The first-order chi connectivity index (χ1) is 11.8. The Labute approximate surface area is 145 Å². The van der Waals surface area contributed by atoms with E-state index in [1.54, 1.807) is 6.07 Å². The number of hydrogen-bond donors (Lipinski definition) is 0. The van der Waals surface area contributed by atoms with Gasteiger partial charge in [0.1, 0.15) is 5.69 Å². The third-order valence-corrected chi connectivity index (χ3v) is 4.22. The summed E-state index contributed by atoms with van der Waals surface area (Å²) >= 11 is 0. The molecule has 1 aromatic rings. The molecule has 1 heterocycles. The van der Waals surface area contributed by atoms with Crippen molar-refractivity contribution >= 4 is 23.3 Å². The maximum Gasteiger partial charge on any atom is 0.346 e. The van der Waals surface area contributed by atoms with E-state index in [0.717, 1.165) is 25.9 Å². The van der Waals surface area contributed by atoms with Crippen LogP contribution in [-0.2, 0) is 14.3 Å². The second-order valence-corrected chi connectivity index (χ2v) is 6.22. The van der Waals surface area contributed by atoms with E-state index in [0.29, 0.717) is 11.6 Å². The third-order valence-electron chi connectivity index (χ3n) is 4.22. The number of hydrogen-bond acceptors (Lipinski definition) is 7. The number of anilines is 1. The van der Waals surface area contributed by atoms with Crippen molar-refractivity contribution in [1.82, 2.24) is 0 Å². The van der Waals surface area contributed by atoms with Gasteiger partial charge >= 0.3 is 11.9 Å². The Morgan fingerprint density at radius 1 is 1.40 bits per heavy atom. The topological polar surface area (TPSA) is 99.0 Å². The highest BCUT2D eigenvalue weighted by molar-refractivity contribution is 5.93. The lowest BCUT2D eigenvalue weighted by Gasteiger charge is -2.32. The molecule has 1 aliphatic heterocycles. The number of piperidine rings is 1. The fourth-order valence-corrected chi connectivity index (χ4v) is 2.91. The average Bonchev–Trinajstić information content (AvgIpc) is 2.60. The van der Waals surface area contributed by atoms with Crippen molar-refractivity contribution in [2.45, 2.75) is 32.8 Å². The number of nitro benzene ring substituents is 1. The van der Waals surface area contributed by atoms with Crippen molar-refractivity contribution in [3.8, 4) is 0 Å². The smallest absolute Gasteiger partial charge is 0.346 e. The summed E-state index contributed by atoms with van der Waals surface area (Å²) in [5.41, 5.74) is 0.375. The van der Waals surface area contributed by atoms with E-state index < -0.39 is 23.0 Å². The zero-order valence-corrected chi connectivity index (χ0v) is 14.6. The molecule has 1 saturated heterocycles. The molecule has 0 aliphatic carbocycles. The molecule has 25 heavy (non-hydrogen) atoms. The van der Waals surface area contributed by atoms with Crippen LogP contribution in [0.2, 0.25) is 0 Å². The van der Waals surface area contributed by atoms with Gasteiger partial charge in [0.15, 0.2) is 6.10 Å². The first kappa shape index (κ1) is 18.7. The molecular weight excluding hydrogens is 328 g/mol. The highest BCUT2D eigenvalue weighted by atomic mass is 16.6. The van der Waals surface area contributed by atoms with Gasteiger partial charge in [-0.2, -0.15) is 0 Å². The summed E-state index contributed by atoms with van der Waals surface area (Å²) < 4.78 is 9.46. The van der Waals surface area contributed by atoms with Crippen molar-refractivity contribution < 1.29 is 24.0 Å². The van der Waals surface area contributed by atoms with E-state index in [1.165, 1.54) is 26.2 Å². The Morgan fingerprint density at radius 2 is 2.12 bits per heavy atom. The van der Waals surface area contributed by atoms with Crippen LogP contribution in [0, 0.1) is 16.0 Å². The quantitative estimate of drug-likeness (QED) is 0.457. The number of methoxy groups -OCH3 is 1. The molecule has 1 fully saturated rings. The first-order valence-electron chi connectivity index (χ1n) is 8.15. The van der Waals surface area contributed by atoms with Crippen LogP contribution in [0.25, 0.3) is 0 Å². The van der Waals surface area contributed by atoms with Gasteiger partial charge < -0.3 is 14.4 Å². The monoisotopic (exact) mass is 350 g/mol. The van der Waals surface area contributed by atoms with E-state index in [1.807, 2.05) is 4.90 Å². The van der Waals surface area contributed by atoms with E-state index in [2.05, 4.69) is 11.7 Å². The van der Waals surface area contributed by atoms with Crippen LogP contribution in [0.5, 0.6) is 0 Å². The summed E-state index contributed by atoms with van der Waals surface area (Å²) in [5, 5.41) is 11.5. The predicted molar refractivity (Wildman–Crippen MR) is 90.6 cm³/mol. The molecular formula is C17H22N2O6. The van der Waals surface area contributed by atoms with E-state index in [4.69, 9.17) is 4.74 Å². The minimum absolute atomic E-state index is 0.0243. The van der Waals surface area contributed by atoms with Gasteiger partial charge in [-0.25, -0.2) is 9.59 Å². The van der Waals surface area contributed by atoms with E-state index >= 15 is 0 Å². The van der Waals surface area contributed by atoms with Crippen molar-refractivity contribution in [1.29, 1.82) is 0 Å². The van der Waals surface area contributed by atoms with Crippen molar-refractivity contribution in [2.75, 3.05) is 25.1 Å². The van der Waals surface area contributed by atoms with E-state index in [-0.39, 0.29) is 11.3 Å². The number of ether oxygens (including phenoxy) is 2. The molecule has 0 aromatic heterocycles. The second kappa shape index (κ2) is 7.96. The number of carbonyl (C=O) groups is 2. The number of carbonyl (C=O) groups excluding carboxylic acids is 2. The molecule has 0 radical (unpaired) electrons. The van der Waals surface area contributed by atoms with Crippen LogP contribution in [-0.4, -0.2) is 43.2 Å². The summed E-state index contributed by atoms with van der Waals surface area (Å²) in [7, 11) is 1.19. The predicted octanol–water partition coefficient (Wildman–Crippen LogP) is 2.55. The molecule has 136 valence electrons. The SMILES string of the molecule is COC(=O)C(C)OC(=O)c1ccc(N2CCCC(C)C2)c([N+](=O)[O-])c1. The molecule has 2 rings (SSSR count). The molecule has 0 spiro atoms. The maximum atomic E-state index is 12.1. The summed E-state index contributed by atoms with van der Waals surface area (Å²) in [4.78, 5) is 36.4. The minimum atomic E-state index is -1.08. The van der Waals surface area contributed by atoms with Gasteiger partial charge in [-0.3, -0.25) is 10.1 Å². The summed E-state index contributed by atoms with van der Waals surface area (Å²) in [6.07, 6.45) is 0.984. The van der Waals surface area contributed by atoms with Gasteiger partial charge in [0.05, 0.1) is 17.6 Å². The zero-order valence-electron chi connectivity index (χ0n) is 14.6. The Hall–Kier alpha value is -2.64. The van der Waals surface area contributed by atoms with Gasteiger partial charge in [0, 0.05) is 19.2 Å². The Kier molecular flexibility index (Phi) is 5.95. The van der Waals surface area contributed by atoms with Crippen molar-refractivity contribution in [2.24, 2.45) is 5.92 Å². The molecule has 2 unspecified atom stereocenters. The number of benzene rings is 1. The van der Waals surface area contributed by atoms with Crippen LogP contribution < -0.4 is 4.90 Å². The van der Waals surface area contributed by atoms with Gasteiger partial charge in [0.25, 0.3) is 5.69 Å². The molecule has 8 heteroatoms. The van der Waals surface area contributed by atoms with Crippen molar-refractivity contribution in [3.05, 3.63) is 33.9 Å². The van der Waals surface area contributed by atoms with Crippen LogP contribution in [0.1, 0.15) is 37.0 Å². The summed E-state index contributed by atoms with van der Waals surface area (Å²) in [6.45, 7) is 4.97. The fourth-order valence-electron chi connectivity index (χ4n) is 2.91. The Bertz CT molecular complexity index is 675. The molecule has 1 aromatic carbocycles. The Balaban J connectivity index is 2.24. The number of nitrogens with zero attached hydrogens (tertiary/aromatic N) is 2. The van der Waals surface area contributed by atoms with Gasteiger partial charge in [0.2, 0.25) is 0 Å². The third kappa shape index (κ3) is 4.46. The zero-order chi connectivity index (χ0) is 18.6. The molecule has 0 amide bonds. The molecule has 0 saturated carbocycles. The molecule has 1 aliphatic rings. The summed E-state index contributed by atoms with van der Waals surface area (Å²) in [5.74, 6) is -1.04. The highest BCUT2D eigenvalue weighted by Gasteiger charge is 2.26. The molecule has 8 nitrogen and oxygen atoms in total. The normalized spacial score (nSPS) is 18.4. The van der Waals surface area contributed by atoms with Crippen LogP contribution in [0.3, 0.4) is 0 Å². The van der Waals surface area contributed by atoms with E-state index in [9.17, 15) is 19.7 Å². The van der Waals surface area contributed by atoms with Crippen LogP contribution in [0.15, 0.2) is 18.2 Å². The van der Waals surface area contributed by atoms with Crippen LogP contribution >= 0.6 is 0 Å². The first-order valence-corrected chi connectivity index (χ1v) is 8.15. The largest absolute Gasteiger partial charge is 0.466 e. The number of nitro groups is 1. The van der Waals surface area contributed by atoms with Crippen LogP contribution in [0.4, 0.5) is 11.4 Å². The minimum Gasteiger partial charge on any atom is -0.466 e. The standard InChI is InChI=1S/C17H22N2O6/c1-11-5-4-8-18(10-11)14-7-6-13(9-15(14)19(22)23)17(21)25-12(2)16(20)24-3/h6-7,9,11-12H,4-5,8,10H2,1-3H3. The van der Waals surface area contributed by atoms with Crippen molar-refractivity contribution in [3.63, 3.8) is 0 Å². The fraction of sp³-hybridized carbons (Fsp3) is 0.529. The number of rotatable bonds is 5. The maximum absolute atomic E-state index is 12.1.